The Morgan fingerprint density at radius 1 is 1.29 bits per heavy atom. The Morgan fingerprint density at radius 2 is 2.10 bits per heavy atom. The zero-order valence-electron chi connectivity index (χ0n) is 10.3. The van der Waals surface area contributed by atoms with Gasteiger partial charge in [-0.15, -0.1) is 0 Å². The van der Waals surface area contributed by atoms with E-state index in [1.165, 1.54) is 36.4 Å². The second kappa shape index (κ2) is 5.17. The molecule has 0 amide bonds. The number of aromatic carboxylic acids is 1. The van der Waals surface area contributed by atoms with Gasteiger partial charge in [0.05, 0.1) is 10.0 Å². The summed E-state index contributed by atoms with van der Waals surface area (Å²) < 4.78 is 24.2. The number of carboxylic acid groups (broad SMARTS) is 1. The van der Waals surface area contributed by atoms with E-state index in [1.54, 1.807) is 0 Å². The summed E-state index contributed by atoms with van der Waals surface area (Å²) >= 11 is 3.17. The lowest BCUT2D eigenvalue weighted by Gasteiger charge is -2.02. The van der Waals surface area contributed by atoms with E-state index in [0.29, 0.717) is 21.3 Å². The number of nitrogens with zero attached hydrogens (tertiary/aromatic N) is 1. The Labute approximate surface area is 126 Å². The Balaban J connectivity index is 1.95. The Hall–Kier alpha value is -2.41. The number of hydrogen-bond donors (Lipinski definition) is 1. The molecule has 1 N–H and O–H groups in total. The number of carboxylic acids is 1. The molecular weight excluding hydrogens is 345 g/mol. The van der Waals surface area contributed by atoms with Gasteiger partial charge in [-0.1, -0.05) is 0 Å². The van der Waals surface area contributed by atoms with Gasteiger partial charge in [-0.25, -0.2) is 9.18 Å². The van der Waals surface area contributed by atoms with E-state index >= 15 is 0 Å². The van der Waals surface area contributed by atoms with Crippen LogP contribution < -0.4 is 4.74 Å². The topological polar surface area (TPSA) is 72.6 Å². The van der Waals surface area contributed by atoms with Crippen molar-refractivity contribution in [3.63, 3.8) is 0 Å². The van der Waals surface area contributed by atoms with E-state index in [4.69, 9.17) is 14.3 Å². The maximum absolute atomic E-state index is 13.0. The average molecular weight is 352 g/mol. The molecule has 1 aromatic heterocycles. The van der Waals surface area contributed by atoms with E-state index in [1.807, 2.05) is 0 Å². The Kier molecular flexibility index (Phi) is 3.34. The van der Waals surface area contributed by atoms with Crippen LogP contribution in [0.25, 0.3) is 11.1 Å². The van der Waals surface area contributed by atoms with Gasteiger partial charge in [-0.2, -0.15) is 4.98 Å². The number of rotatable bonds is 3. The molecule has 0 fully saturated rings. The third-order valence-corrected chi connectivity index (χ3v) is 3.33. The highest BCUT2D eigenvalue weighted by atomic mass is 79.9. The van der Waals surface area contributed by atoms with Gasteiger partial charge < -0.3 is 14.3 Å². The van der Waals surface area contributed by atoms with Gasteiger partial charge in [-0.05, 0) is 52.3 Å². The van der Waals surface area contributed by atoms with Gasteiger partial charge in [0.1, 0.15) is 17.1 Å². The molecule has 1 heterocycles. The second-order valence-corrected chi connectivity index (χ2v) is 5.00. The third kappa shape index (κ3) is 2.73. The molecule has 0 spiro atoms. The molecule has 0 aliphatic carbocycles. The van der Waals surface area contributed by atoms with Crippen molar-refractivity contribution >= 4 is 33.0 Å². The summed E-state index contributed by atoms with van der Waals surface area (Å²) in [5, 5.41) is 8.91. The van der Waals surface area contributed by atoms with Gasteiger partial charge in [0.2, 0.25) is 0 Å². The van der Waals surface area contributed by atoms with Gasteiger partial charge in [0.25, 0.3) is 0 Å². The molecule has 0 aliphatic heterocycles. The van der Waals surface area contributed by atoms with Crippen molar-refractivity contribution in [1.29, 1.82) is 0 Å². The molecule has 2 aromatic carbocycles. The molecule has 0 atom stereocenters. The summed E-state index contributed by atoms with van der Waals surface area (Å²) in [5.74, 6) is -1.13. The number of aromatic nitrogens is 1. The summed E-state index contributed by atoms with van der Waals surface area (Å²) in [6, 6.07) is 8.22. The lowest BCUT2D eigenvalue weighted by Crippen LogP contribution is -1.94. The van der Waals surface area contributed by atoms with Gasteiger partial charge >= 0.3 is 12.0 Å². The molecule has 0 bridgehead atoms. The summed E-state index contributed by atoms with van der Waals surface area (Å²) in [7, 11) is 0. The van der Waals surface area contributed by atoms with Crippen molar-refractivity contribution in [3.8, 4) is 11.8 Å². The lowest BCUT2D eigenvalue weighted by molar-refractivity contribution is 0.0697. The van der Waals surface area contributed by atoms with Crippen LogP contribution in [0.2, 0.25) is 0 Å². The largest absolute Gasteiger partial charge is 0.478 e. The molecule has 0 saturated carbocycles. The first kappa shape index (κ1) is 13.6. The van der Waals surface area contributed by atoms with Crippen LogP contribution in [-0.2, 0) is 0 Å². The van der Waals surface area contributed by atoms with Crippen LogP contribution in [-0.4, -0.2) is 16.1 Å². The normalized spacial score (nSPS) is 10.8. The van der Waals surface area contributed by atoms with E-state index < -0.39 is 11.8 Å². The number of hydrogen-bond acceptors (Lipinski definition) is 4. The molecule has 5 nitrogen and oxygen atoms in total. The van der Waals surface area contributed by atoms with Crippen LogP contribution in [0.5, 0.6) is 11.8 Å². The van der Waals surface area contributed by atoms with Crippen molar-refractivity contribution in [2.75, 3.05) is 0 Å². The first-order chi connectivity index (χ1) is 10.0. The molecule has 21 heavy (non-hydrogen) atoms. The highest BCUT2D eigenvalue weighted by molar-refractivity contribution is 9.10. The smallest absolute Gasteiger partial charge is 0.400 e. The number of ether oxygens (including phenoxy) is 1. The quantitative estimate of drug-likeness (QED) is 0.764. The van der Waals surface area contributed by atoms with Crippen molar-refractivity contribution in [3.05, 3.63) is 52.3 Å². The average Bonchev–Trinajstić information content (AvgIpc) is 2.83. The molecular formula is C14H7BrFNO4. The van der Waals surface area contributed by atoms with Crippen LogP contribution in [0, 0.1) is 5.82 Å². The maximum Gasteiger partial charge on any atom is 0.400 e. The van der Waals surface area contributed by atoms with Crippen LogP contribution in [0.1, 0.15) is 10.4 Å². The standard InChI is InChI=1S/C14H7BrFNO4/c15-9-6-8(16)2-4-11(9)20-14-17-10-3-1-7(13(18)19)5-12(10)21-14/h1-6H,(H,18,19). The molecule has 3 rings (SSSR count). The zero-order chi connectivity index (χ0) is 15.0. The minimum absolute atomic E-state index is 0.0557. The first-order valence-corrected chi connectivity index (χ1v) is 6.59. The number of benzene rings is 2. The summed E-state index contributed by atoms with van der Waals surface area (Å²) in [4.78, 5) is 15.0. The molecule has 7 heteroatoms. The van der Waals surface area contributed by atoms with Gasteiger partial charge in [-0.3, -0.25) is 0 Å². The minimum atomic E-state index is -1.06. The summed E-state index contributed by atoms with van der Waals surface area (Å²) in [6.45, 7) is 0. The number of carbonyl (C=O) groups is 1. The molecule has 0 saturated heterocycles. The molecule has 0 aliphatic rings. The fraction of sp³-hybridized carbons (Fsp3) is 0. The fourth-order valence-corrected chi connectivity index (χ4v) is 2.16. The maximum atomic E-state index is 13.0. The first-order valence-electron chi connectivity index (χ1n) is 5.80. The second-order valence-electron chi connectivity index (χ2n) is 4.14. The number of fused-ring (bicyclic) bond motifs is 1. The SMILES string of the molecule is O=C(O)c1ccc2nc(Oc3ccc(F)cc3Br)oc2c1. The number of oxazole rings is 1. The predicted octanol–water partition coefficient (Wildman–Crippen LogP) is 4.22. The fourth-order valence-electron chi connectivity index (χ4n) is 1.73. The monoisotopic (exact) mass is 351 g/mol. The predicted molar refractivity (Wildman–Crippen MR) is 75.1 cm³/mol. The third-order valence-electron chi connectivity index (χ3n) is 2.71. The zero-order valence-corrected chi connectivity index (χ0v) is 11.9. The van der Waals surface area contributed by atoms with E-state index in [9.17, 15) is 9.18 Å². The van der Waals surface area contributed by atoms with Crippen LogP contribution in [0.3, 0.4) is 0 Å². The van der Waals surface area contributed by atoms with E-state index in [-0.39, 0.29) is 11.6 Å². The van der Waals surface area contributed by atoms with Gasteiger partial charge in [0.15, 0.2) is 5.58 Å². The minimum Gasteiger partial charge on any atom is -0.478 e. The highest BCUT2D eigenvalue weighted by Gasteiger charge is 2.12. The van der Waals surface area contributed by atoms with E-state index in [0.717, 1.165) is 0 Å². The Morgan fingerprint density at radius 3 is 2.81 bits per heavy atom. The molecule has 0 unspecified atom stereocenters. The van der Waals surface area contributed by atoms with Crippen molar-refractivity contribution in [2.24, 2.45) is 0 Å². The van der Waals surface area contributed by atoms with Crippen molar-refractivity contribution < 1.29 is 23.4 Å². The number of halogens is 2. The lowest BCUT2D eigenvalue weighted by atomic mass is 10.2. The van der Waals surface area contributed by atoms with E-state index in [2.05, 4.69) is 20.9 Å². The molecule has 106 valence electrons. The van der Waals surface area contributed by atoms with Gasteiger partial charge in [0, 0.05) is 0 Å². The van der Waals surface area contributed by atoms with Crippen molar-refractivity contribution in [2.45, 2.75) is 0 Å². The highest BCUT2D eigenvalue weighted by Crippen LogP contribution is 2.31. The molecule has 3 aromatic rings. The molecule has 0 radical (unpaired) electrons. The van der Waals surface area contributed by atoms with Crippen LogP contribution in [0.15, 0.2) is 45.3 Å². The van der Waals surface area contributed by atoms with Crippen LogP contribution >= 0.6 is 15.9 Å². The summed E-state index contributed by atoms with van der Waals surface area (Å²) in [6.07, 6.45) is -0.0557. The Bertz CT molecular complexity index is 846. The summed E-state index contributed by atoms with van der Waals surface area (Å²) in [5.41, 5.74) is 0.851. The van der Waals surface area contributed by atoms with Crippen molar-refractivity contribution in [1.82, 2.24) is 4.98 Å². The van der Waals surface area contributed by atoms with Crippen LogP contribution in [0.4, 0.5) is 4.39 Å².